The van der Waals surface area contributed by atoms with Gasteiger partial charge in [0.25, 0.3) is 0 Å². The van der Waals surface area contributed by atoms with Crippen molar-refractivity contribution >= 4 is 5.91 Å². The van der Waals surface area contributed by atoms with Gasteiger partial charge in [0.15, 0.2) is 0 Å². The molecule has 1 amide bonds. The van der Waals surface area contributed by atoms with Crippen molar-refractivity contribution in [2.75, 3.05) is 0 Å². The molecule has 0 fully saturated rings. The second-order valence-corrected chi connectivity index (χ2v) is 4.69. The maximum absolute atomic E-state index is 11.7. The molecular formula is C16H15NO. The van der Waals surface area contributed by atoms with E-state index in [-0.39, 0.29) is 5.91 Å². The van der Waals surface area contributed by atoms with E-state index in [0.717, 1.165) is 0 Å². The lowest BCUT2D eigenvalue weighted by atomic mass is 9.97. The van der Waals surface area contributed by atoms with Crippen LogP contribution in [0.3, 0.4) is 0 Å². The molecule has 0 saturated heterocycles. The van der Waals surface area contributed by atoms with Crippen molar-refractivity contribution in [2.24, 2.45) is 0 Å². The van der Waals surface area contributed by atoms with Crippen molar-refractivity contribution in [3.63, 3.8) is 0 Å². The second kappa shape index (κ2) is 4.30. The Morgan fingerprint density at radius 3 is 1.78 bits per heavy atom. The van der Waals surface area contributed by atoms with Gasteiger partial charge >= 0.3 is 0 Å². The highest BCUT2D eigenvalue weighted by molar-refractivity contribution is 5.77. The standard InChI is InChI=1S/C16H15NO/c1-12(18)17-10-13-6-2-4-8-15(13)16-9-5-3-7-14(16)11-17/h2-9H,10-11H2,1H3. The first-order valence-corrected chi connectivity index (χ1v) is 6.17. The highest BCUT2D eigenvalue weighted by atomic mass is 16.2. The minimum atomic E-state index is 0.126. The van der Waals surface area contributed by atoms with Crippen LogP contribution in [-0.2, 0) is 17.9 Å². The van der Waals surface area contributed by atoms with Crippen LogP contribution in [0.5, 0.6) is 0 Å². The van der Waals surface area contributed by atoms with Gasteiger partial charge in [-0.1, -0.05) is 48.5 Å². The van der Waals surface area contributed by atoms with Gasteiger partial charge in [0.05, 0.1) is 0 Å². The molecule has 0 bridgehead atoms. The van der Waals surface area contributed by atoms with Crippen LogP contribution in [0.4, 0.5) is 0 Å². The summed E-state index contributed by atoms with van der Waals surface area (Å²) in [5.74, 6) is 0.126. The molecule has 0 unspecified atom stereocenters. The first kappa shape index (κ1) is 11.0. The summed E-state index contributed by atoms with van der Waals surface area (Å²) >= 11 is 0. The number of rotatable bonds is 0. The molecular weight excluding hydrogens is 222 g/mol. The summed E-state index contributed by atoms with van der Waals surface area (Å²) in [4.78, 5) is 13.6. The molecule has 3 rings (SSSR count). The monoisotopic (exact) mass is 237 g/mol. The predicted molar refractivity (Wildman–Crippen MR) is 71.8 cm³/mol. The van der Waals surface area contributed by atoms with Gasteiger partial charge in [-0.15, -0.1) is 0 Å². The first-order valence-electron chi connectivity index (χ1n) is 6.17. The Kier molecular flexibility index (Phi) is 2.63. The third-order valence-electron chi connectivity index (χ3n) is 3.49. The molecule has 2 nitrogen and oxygen atoms in total. The van der Waals surface area contributed by atoms with Crippen molar-refractivity contribution in [1.82, 2.24) is 4.90 Å². The number of nitrogens with zero attached hydrogens (tertiary/aromatic N) is 1. The zero-order chi connectivity index (χ0) is 12.5. The molecule has 1 aliphatic heterocycles. The molecule has 0 aliphatic carbocycles. The lowest BCUT2D eigenvalue weighted by molar-refractivity contribution is -0.130. The zero-order valence-electron chi connectivity index (χ0n) is 10.4. The lowest BCUT2D eigenvalue weighted by Gasteiger charge is -2.19. The number of hydrogen-bond acceptors (Lipinski definition) is 1. The average Bonchev–Trinajstić information content (AvgIpc) is 2.55. The largest absolute Gasteiger partial charge is 0.334 e. The van der Waals surface area contributed by atoms with E-state index in [2.05, 4.69) is 36.4 Å². The van der Waals surface area contributed by atoms with E-state index >= 15 is 0 Å². The summed E-state index contributed by atoms with van der Waals surface area (Å²) in [6, 6.07) is 16.7. The molecule has 0 atom stereocenters. The third-order valence-corrected chi connectivity index (χ3v) is 3.49. The molecule has 1 heterocycles. The van der Waals surface area contributed by atoms with E-state index in [1.165, 1.54) is 22.3 Å². The van der Waals surface area contributed by atoms with E-state index in [0.29, 0.717) is 13.1 Å². The summed E-state index contributed by atoms with van der Waals surface area (Å²) in [5, 5.41) is 0. The number of amides is 1. The van der Waals surface area contributed by atoms with Crippen molar-refractivity contribution in [3.8, 4) is 11.1 Å². The predicted octanol–water partition coefficient (Wildman–Crippen LogP) is 3.22. The smallest absolute Gasteiger partial charge is 0.220 e. The quantitative estimate of drug-likeness (QED) is 0.689. The second-order valence-electron chi connectivity index (χ2n) is 4.69. The molecule has 2 aromatic carbocycles. The van der Waals surface area contributed by atoms with Gasteiger partial charge in [-0.25, -0.2) is 0 Å². The van der Waals surface area contributed by atoms with E-state index in [4.69, 9.17) is 0 Å². The Morgan fingerprint density at radius 2 is 1.33 bits per heavy atom. The summed E-state index contributed by atoms with van der Waals surface area (Å²) in [6.07, 6.45) is 0. The van der Waals surface area contributed by atoms with Crippen molar-refractivity contribution < 1.29 is 4.79 Å². The van der Waals surface area contributed by atoms with Crippen LogP contribution in [0.2, 0.25) is 0 Å². The van der Waals surface area contributed by atoms with E-state index < -0.39 is 0 Å². The topological polar surface area (TPSA) is 20.3 Å². The summed E-state index contributed by atoms with van der Waals surface area (Å²) in [5.41, 5.74) is 4.93. The van der Waals surface area contributed by atoms with Crippen LogP contribution in [0.15, 0.2) is 48.5 Å². The van der Waals surface area contributed by atoms with Gasteiger partial charge in [-0.05, 0) is 22.3 Å². The highest BCUT2D eigenvalue weighted by Crippen LogP contribution is 2.32. The maximum Gasteiger partial charge on any atom is 0.220 e. The molecule has 1 aliphatic rings. The number of carbonyl (C=O) groups is 1. The normalized spacial score (nSPS) is 13.5. The van der Waals surface area contributed by atoms with Crippen LogP contribution in [-0.4, -0.2) is 10.8 Å². The van der Waals surface area contributed by atoms with Crippen LogP contribution in [0.25, 0.3) is 11.1 Å². The van der Waals surface area contributed by atoms with Gasteiger partial charge in [-0.3, -0.25) is 4.79 Å². The number of fused-ring (bicyclic) bond motifs is 3. The Bertz CT molecular complexity index is 556. The van der Waals surface area contributed by atoms with Gasteiger partial charge in [0.1, 0.15) is 0 Å². The van der Waals surface area contributed by atoms with Crippen LogP contribution in [0, 0.1) is 0 Å². The molecule has 0 saturated carbocycles. The number of benzene rings is 2. The molecule has 18 heavy (non-hydrogen) atoms. The van der Waals surface area contributed by atoms with E-state index in [1.54, 1.807) is 6.92 Å². The lowest BCUT2D eigenvalue weighted by Crippen LogP contribution is -2.26. The van der Waals surface area contributed by atoms with Crippen LogP contribution in [0.1, 0.15) is 18.1 Å². The van der Waals surface area contributed by atoms with Crippen LogP contribution >= 0.6 is 0 Å². The maximum atomic E-state index is 11.7. The molecule has 0 N–H and O–H groups in total. The summed E-state index contributed by atoms with van der Waals surface area (Å²) in [7, 11) is 0. The molecule has 0 aromatic heterocycles. The van der Waals surface area contributed by atoms with Crippen LogP contribution < -0.4 is 0 Å². The third kappa shape index (κ3) is 1.80. The van der Waals surface area contributed by atoms with Crippen molar-refractivity contribution in [2.45, 2.75) is 20.0 Å². The molecule has 0 radical (unpaired) electrons. The summed E-state index contributed by atoms with van der Waals surface area (Å²) in [6.45, 7) is 3.02. The SMILES string of the molecule is CC(=O)N1Cc2ccccc2-c2ccccc2C1. The van der Waals surface area contributed by atoms with Gasteiger partial charge in [0, 0.05) is 20.0 Å². The van der Waals surface area contributed by atoms with Gasteiger partial charge in [0.2, 0.25) is 5.91 Å². The number of hydrogen-bond donors (Lipinski definition) is 0. The highest BCUT2D eigenvalue weighted by Gasteiger charge is 2.19. The Hall–Kier alpha value is -2.09. The van der Waals surface area contributed by atoms with E-state index in [9.17, 15) is 4.79 Å². The van der Waals surface area contributed by atoms with E-state index in [1.807, 2.05) is 17.0 Å². The number of carbonyl (C=O) groups excluding carboxylic acids is 1. The molecule has 2 aromatic rings. The molecule has 0 spiro atoms. The summed E-state index contributed by atoms with van der Waals surface area (Å²) < 4.78 is 0. The van der Waals surface area contributed by atoms with Crippen molar-refractivity contribution in [1.29, 1.82) is 0 Å². The fourth-order valence-electron chi connectivity index (χ4n) is 2.53. The van der Waals surface area contributed by atoms with Crippen molar-refractivity contribution in [3.05, 3.63) is 59.7 Å². The molecule has 90 valence electrons. The van der Waals surface area contributed by atoms with Gasteiger partial charge in [-0.2, -0.15) is 0 Å². The minimum absolute atomic E-state index is 0.126. The Balaban J connectivity index is 2.21. The fourth-order valence-corrected chi connectivity index (χ4v) is 2.53. The zero-order valence-corrected chi connectivity index (χ0v) is 10.4. The Labute approximate surface area is 107 Å². The first-order chi connectivity index (χ1) is 8.75. The van der Waals surface area contributed by atoms with Gasteiger partial charge < -0.3 is 4.90 Å². The average molecular weight is 237 g/mol. The Morgan fingerprint density at radius 1 is 0.889 bits per heavy atom. The molecule has 2 heteroatoms. The minimum Gasteiger partial charge on any atom is -0.334 e. The fraction of sp³-hybridized carbons (Fsp3) is 0.188.